The van der Waals surface area contributed by atoms with Crippen molar-refractivity contribution in [2.24, 2.45) is 0 Å². The maximum Gasteiger partial charge on any atom is 0.337 e. The summed E-state index contributed by atoms with van der Waals surface area (Å²) < 4.78 is 9.92. The van der Waals surface area contributed by atoms with Gasteiger partial charge in [-0.2, -0.15) is 0 Å². The molecule has 1 aliphatic heterocycles. The summed E-state index contributed by atoms with van der Waals surface area (Å²) in [6.07, 6.45) is 0.419. The number of hydrogen-bond acceptors (Lipinski definition) is 5. The predicted octanol–water partition coefficient (Wildman–Crippen LogP) is 1.13. The van der Waals surface area contributed by atoms with Crippen LogP contribution >= 0.6 is 0 Å². The van der Waals surface area contributed by atoms with Crippen LogP contribution < -0.4 is 5.32 Å². The molecule has 1 aromatic rings. The van der Waals surface area contributed by atoms with Crippen molar-refractivity contribution in [2.45, 2.75) is 6.42 Å². The molecule has 0 radical (unpaired) electrons. The van der Waals surface area contributed by atoms with Crippen LogP contribution in [0, 0.1) is 0 Å². The zero-order valence-electron chi connectivity index (χ0n) is 12.1. The molecule has 1 fully saturated rings. The molecule has 2 rings (SSSR count). The number of rotatable bonds is 5. The second kappa shape index (κ2) is 7.75. The highest BCUT2D eigenvalue weighted by Crippen LogP contribution is 2.12. The largest absolute Gasteiger partial charge is 0.465 e. The van der Waals surface area contributed by atoms with Crippen LogP contribution in [0.4, 0.5) is 5.69 Å². The Balaban J connectivity index is 1.83. The molecule has 1 N–H and O–H groups in total. The number of nitrogens with one attached hydrogen (secondary N) is 1. The van der Waals surface area contributed by atoms with Crippen molar-refractivity contribution in [2.75, 3.05) is 45.3 Å². The van der Waals surface area contributed by atoms with Crippen molar-refractivity contribution in [3.63, 3.8) is 0 Å². The van der Waals surface area contributed by atoms with Crippen LogP contribution in [-0.2, 0) is 14.3 Å². The molecule has 1 saturated heterocycles. The second-order valence-electron chi connectivity index (χ2n) is 4.82. The fourth-order valence-corrected chi connectivity index (χ4v) is 2.15. The van der Waals surface area contributed by atoms with Crippen molar-refractivity contribution in [3.8, 4) is 0 Å². The van der Waals surface area contributed by atoms with Crippen LogP contribution in [-0.4, -0.2) is 56.7 Å². The fourth-order valence-electron chi connectivity index (χ4n) is 2.15. The summed E-state index contributed by atoms with van der Waals surface area (Å²) in [6, 6.07) is 6.72. The van der Waals surface area contributed by atoms with Crippen LogP contribution in [0.5, 0.6) is 0 Å². The molecule has 0 spiro atoms. The molecule has 0 saturated carbocycles. The van der Waals surface area contributed by atoms with E-state index in [9.17, 15) is 9.59 Å². The topological polar surface area (TPSA) is 67.9 Å². The van der Waals surface area contributed by atoms with Crippen LogP contribution in [0.3, 0.4) is 0 Å². The third kappa shape index (κ3) is 4.84. The molecule has 0 unspecified atom stereocenters. The number of amides is 1. The lowest BCUT2D eigenvalue weighted by Crippen LogP contribution is -2.38. The Kier molecular flexibility index (Phi) is 5.71. The molecule has 1 heterocycles. The van der Waals surface area contributed by atoms with Crippen LogP contribution in [0.1, 0.15) is 16.8 Å². The number of carbonyl (C=O) groups is 2. The Morgan fingerprint density at radius 2 is 2.10 bits per heavy atom. The number of anilines is 1. The van der Waals surface area contributed by atoms with Gasteiger partial charge in [0.25, 0.3) is 0 Å². The maximum atomic E-state index is 11.9. The molecular weight excluding hydrogens is 272 g/mol. The van der Waals surface area contributed by atoms with Gasteiger partial charge < -0.3 is 14.8 Å². The molecule has 114 valence electrons. The van der Waals surface area contributed by atoms with Gasteiger partial charge in [0.1, 0.15) is 0 Å². The van der Waals surface area contributed by atoms with Gasteiger partial charge in [0.05, 0.1) is 25.9 Å². The predicted molar refractivity (Wildman–Crippen MR) is 78.3 cm³/mol. The minimum absolute atomic E-state index is 0.0662. The number of benzene rings is 1. The van der Waals surface area contributed by atoms with Crippen LogP contribution in [0.2, 0.25) is 0 Å². The van der Waals surface area contributed by atoms with Gasteiger partial charge in [0, 0.05) is 31.7 Å². The number of methoxy groups -OCH3 is 1. The Labute approximate surface area is 124 Å². The monoisotopic (exact) mass is 292 g/mol. The average Bonchev–Trinajstić information content (AvgIpc) is 2.53. The number of morpholine rings is 1. The minimum atomic E-state index is -0.417. The highest BCUT2D eigenvalue weighted by atomic mass is 16.5. The van der Waals surface area contributed by atoms with Crippen molar-refractivity contribution >= 4 is 17.6 Å². The van der Waals surface area contributed by atoms with E-state index in [4.69, 9.17) is 4.74 Å². The zero-order valence-corrected chi connectivity index (χ0v) is 12.1. The third-order valence-corrected chi connectivity index (χ3v) is 3.33. The quantitative estimate of drug-likeness (QED) is 0.824. The summed E-state index contributed by atoms with van der Waals surface area (Å²) >= 11 is 0. The Bertz CT molecular complexity index is 498. The van der Waals surface area contributed by atoms with E-state index in [1.807, 2.05) is 0 Å². The summed E-state index contributed by atoms with van der Waals surface area (Å²) in [5.74, 6) is -0.483. The van der Waals surface area contributed by atoms with E-state index >= 15 is 0 Å². The molecule has 6 nitrogen and oxygen atoms in total. The maximum absolute atomic E-state index is 11.9. The van der Waals surface area contributed by atoms with Gasteiger partial charge in [0.2, 0.25) is 5.91 Å². The number of nitrogens with zero attached hydrogens (tertiary/aromatic N) is 1. The van der Waals surface area contributed by atoms with E-state index in [1.165, 1.54) is 7.11 Å². The summed E-state index contributed by atoms with van der Waals surface area (Å²) in [7, 11) is 1.33. The Morgan fingerprint density at radius 3 is 2.81 bits per heavy atom. The first-order valence-electron chi connectivity index (χ1n) is 6.97. The lowest BCUT2D eigenvalue weighted by Gasteiger charge is -2.26. The van der Waals surface area contributed by atoms with E-state index in [2.05, 4.69) is 15.0 Å². The number of esters is 1. The summed E-state index contributed by atoms with van der Waals surface area (Å²) in [5, 5.41) is 2.80. The molecule has 0 atom stereocenters. The summed E-state index contributed by atoms with van der Waals surface area (Å²) in [4.78, 5) is 25.6. The van der Waals surface area contributed by atoms with Crippen LogP contribution in [0.15, 0.2) is 24.3 Å². The van der Waals surface area contributed by atoms with Gasteiger partial charge in [-0.1, -0.05) is 6.07 Å². The Hall–Kier alpha value is -1.92. The molecule has 0 bridgehead atoms. The summed E-state index contributed by atoms with van der Waals surface area (Å²) in [5.41, 5.74) is 1.02. The first-order valence-corrected chi connectivity index (χ1v) is 6.97. The first-order chi connectivity index (χ1) is 10.2. The van der Waals surface area contributed by atoms with Gasteiger partial charge in [-0.25, -0.2) is 4.79 Å². The molecular formula is C15H20N2O4. The van der Waals surface area contributed by atoms with E-state index in [0.717, 1.165) is 26.3 Å². The van der Waals surface area contributed by atoms with Crippen molar-refractivity contribution in [3.05, 3.63) is 29.8 Å². The number of carbonyl (C=O) groups excluding carboxylic acids is 2. The SMILES string of the molecule is COC(=O)c1cccc(NC(=O)CCN2CCOCC2)c1. The van der Waals surface area contributed by atoms with Gasteiger partial charge in [-0.15, -0.1) is 0 Å². The molecule has 6 heteroatoms. The van der Waals surface area contributed by atoms with E-state index in [0.29, 0.717) is 24.2 Å². The van der Waals surface area contributed by atoms with E-state index < -0.39 is 5.97 Å². The third-order valence-electron chi connectivity index (χ3n) is 3.33. The molecule has 1 aliphatic rings. The number of hydrogen-bond donors (Lipinski definition) is 1. The molecule has 1 aromatic carbocycles. The lowest BCUT2D eigenvalue weighted by atomic mass is 10.2. The highest BCUT2D eigenvalue weighted by Gasteiger charge is 2.12. The lowest BCUT2D eigenvalue weighted by molar-refractivity contribution is -0.116. The minimum Gasteiger partial charge on any atom is -0.465 e. The molecule has 0 aliphatic carbocycles. The van der Waals surface area contributed by atoms with Crippen molar-refractivity contribution < 1.29 is 19.1 Å². The smallest absolute Gasteiger partial charge is 0.337 e. The molecule has 0 aromatic heterocycles. The second-order valence-corrected chi connectivity index (χ2v) is 4.82. The summed E-state index contributed by atoms with van der Waals surface area (Å²) in [6.45, 7) is 3.90. The zero-order chi connectivity index (χ0) is 15.1. The van der Waals surface area contributed by atoms with E-state index in [1.54, 1.807) is 24.3 Å². The molecule has 21 heavy (non-hydrogen) atoms. The Morgan fingerprint density at radius 1 is 1.33 bits per heavy atom. The highest BCUT2D eigenvalue weighted by molar-refractivity contribution is 5.94. The van der Waals surface area contributed by atoms with Gasteiger partial charge >= 0.3 is 5.97 Å². The first kappa shape index (κ1) is 15.5. The standard InChI is InChI=1S/C15H20N2O4/c1-20-15(19)12-3-2-4-13(11-12)16-14(18)5-6-17-7-9-21-10-8-17/h2-4,11H,5-10H2,1H3,(H,16,18). The van der Waals surface area contributed by atoms with Gasteiger partial charge in [-0.05, 0) is 18.2 Å². The van der Waals surface area contributed by atoms with Gasteiger partial charge in [0.15, 0.2) is 0 Å². The number of ether oxygens (including phenoxy) is 2. The van der Waals surface area contributed by atoms with E-state index in [-0.39, 0.29) is 5.91 Å². The van der Waals surface area contributed by atoms with Gasteiger partial charge in [-0.3, -0.25) is 9.69 Å². The van der Waals surface area contributed by atoms with Crippen LogP contribution in [0.25, 0.3) is 0 Å². The normalized spacial score (nSPS) is 15.5. The van der Waals surface area contributed by atoms with Crippen molar-refractivity contribution in [1.82, 2.24) is 4.90 Å². The average molecular weight is 292 g/mol. The molecule has 1 amide bonds. The fraction of sp³-hybridized carbons (Fsp3) is 0.467. The van der Waals surface area contributed by atoms with Crippen molar-refractivity contribution in [1.29, 1.82) is 0 Å².